The van der Waals surface area contributed by atoms with E-state index in [2.05, 4.69) is 20.0 Å². The van der Waals surface area contributed by atoms with Crippen molar-refractivity contribution in [3.05, 3.63) is 107 Å². The number of nitrogens with zero attached hydrogens (tertiary/aromatic N) is 2. The minimum atomic E-state index is -4.84. The third-order valence-electron chi connectivity index (χ3n) is 8.65. The number of carbonyl (C=O) groups excluding carboxylic acids is 2. The van der Waals surface area contributed by atoms with Gasteiger partial charge in [0.15, 0.2) is 5.78 Å². The van der Waals surface area contributed by atoms with E-state index >= 15 is 4.39 Å². The fourth-order valence-corrected chi connectivity index (χ4v) is 6.46. The van der Waals surface area contributed by atoms with Crippen molar-refractivity contribution in [3.63, 3.8) is 0 Å². The number of hydrogen-bond acceptors (Lipinski definition) is 6. The lowest BCUT2D eigenvalue weighted by Gasteiger charge is -2.45. The van der Waals surface area contributed by atoms with Crippen molar-refractivity contribution in [1.29, 1.82) is 0 Å². The molecule has 3 aromatic carbocycles. The summed E-state index contributed by atoms with van der Waals surface area (Å²) in [6.45, 7) is 1.98. The second kappa shape index (κ2) is 12.9. The lowest BCUT2D eigenvalue weighted by atomic mass is 9.63. The first kappa shape index (κ1) is 33.0. The number of carbonyl (C=O) groups is 2. The molecule has 0 bridgehead atoms. The number of benzene rings is 3. The first-order chi connectivity index (χ1) is 22.9. The van der Waals surface area contributed by atoms with Gasteiger partial charge in [0.05, 0.1) is 17.2 Å². The maximum Gasteiger partial charge on any atom is 0.522 e. The number of rotatable bonds is 10. The minimum absolute atomic E-state index is 0.167. The van der Waals surface area contributed by atoms with Gasteiger partial charge in [-0.1, -0.05) is 19.4 Å². The molecule has 48 heavy (non-hydrogen) atoms. The molecule has 1 N–H and O–H groups in total. The molecule has 2 aromatic heterocycles. The summed E-state index contributed by atoms with van der Waals surface area (Å²) in [5.41, 5.74) is 1.69. The van der Waals surface area contributed by atoms with E-state index in [9.17, 15) is 27.2 Å². The van der Waals surface area contributed by atoms with Gasteiger partial charge in [-0.15, -0.1) is 13.2 Å². The lowest BCUT2D eigenvalue weighted by Crippen LogP contribution is -2.50. The van der Waals surface area contributed by atoms with Crippen molar-refractivity contribution in [2.45, 2.75) is 56.9 Å². The molecule has 5 aromatic rings. The van der Waals surface area contributed by atoms with E-state index in [1.54, 1.807) is 18.2 Å². The topological polar surface area (TPSA) is 94.3 Å². The number of halogens is 5. The van der Waals surface area contributed by atoms with Crippen LogP contribution in [0.15, 0.2) is 77.5 Å². The van der Waals surface area contributed by atoms with Crippen LogP contribution < -0.4 is 5.32 Å². The van der Waals surface area contributed by atoms with Gasteiger partial charge in [0.1, 0.15) is 28.8 Å². The zero-order chi connectivity index (χ0) is 34.2. The molecular weight excluding hydrogens is 633 g/mol. The lowest BCUT2D eigenvalue weighted by molar-refractivity contribution is -0.355. The van der Waals surface area contributed by atoms with Crippen LogP contribution in [0.25, 0.3) is 33.4 Å². The van der Waals surface area contributed by atoms with Crippen LogP contribution in [0.5, 0.6) is 0 Å². The van der Waals surface area contributed by atoms with Gasteiger partial charge in [0.2, 0.25) is 0 Å². The number of aromatic nitrogens is 2. The molecule has 7 nitrogen and oxygen atoms in total. The number of nitrogens with one attached hydrogen (secondary N) is 1. The van der Waals surface area contributed by atoms with E-state index in [0.29, 0.717) is 34.1 Å². The molecule has 0 aliphatic heterocycles. The smallest absolute Gasteiger partial charge is 0.455 e. The summed E-state index contributed by atoms with van der Waals surface area (Å²) in [7, 11) is 1.48. The van der Waals surface area contributed by atoms with Crippen LogP contribution in [0.2, 0.25) is 0 Å². The van der Waals surface area contributed by atoms with Crippen molar-refractivity contribution in [3.8, 4) is 22.5 Å². The number of ketones is 1. The molecule has 1 saturated carbocycles. The zero-order valence-corrected chi connectivity index (χ0v) is 26.0. The van der Waals surface area contributed by atoms with Gasteiger partial charge in [-0.3, -0.25) is 14.3 Å². The van der Waals surface area contributed by atoms with Crippen molar-refractivity contribution in [1.82, 2.24) is 15.3 Å². The normalized spacial score (nSPS) is 17.7. The third-order valence-corrected chi connectivity index (χ3v) is 8.65. The highest BCUT2D eigenvalue weighted by molar-refractivity contribution is 6.12. The molecule has 1 aliphatic carbocycles. The summed E-state index contributed by atoms with van der Waals surface area (Å²) < 4.78 is 78.2. The van der Waals surface area contributed by atoms with Gasteiger partial charge in [-0.25, -0.2) is 18.7 Å². The van der Waals surface area contributed by atoms with Gasteiger partial charge in [0.25, 0.3) is 5.91 Å². The predicted octanol–water partition coefficient (Wildman–Crippen LogP) is 8.36. The van der Waals surface area contributed by atoms with Crippen molar-refractivity contribution in [2.24, 2.45) is 0 Å². The van der Waals surface area contributed by atoms with Crippen molar-refractivity contribution < 1.29 is 40.7 Å². The largest absolute Gasteiger partial charge is 0.522 e. The van der Waals surface area contributed by atoms with Crippen LogP contribution in [0.3, 0.4) is 0 Å². The third kappa shape index (κ3) is 6.44. The summed E-state index contributed by atoms with van der Waals surface area (Å²) in [4.78, 5) is 35.3. The zero-order valence-electron chi connectivity index (χ0n) is 26.0. The molecule has 0 unspecified atom stereocenters. The molecule has 1 amide bonds. The van der Waals surface area contributed by atoms with Crippen LogP contribution >= 0.6 is 0 Å². The molecule has 1 aliphatic rings. The fourth-order valence-electron chi connectivity index (χ4n) is 6.46. The second-order valence-corrected chi connectivity index (χ2v) is 11.9. The number of aryl methyl sites for hydroxylation is 1. The SMILES string of the molecule is CCCc1cc2oc(-c3ccc(F)cc3)c(C(=O)NC)c2cc1-c1ccc(F)c(C(=O)CC2(c3ncccn3)CC(OC(F)(F)F)C2)c1. The fraction of sp³-hybridized carbons (Fsp3) is 0.278. The Balaban J connectivity index is 1.41. The average molecular weight is 664 g/mol. The van der Waals surface area contributed by atoms with E-state index in [-0.39, 0.29) is 42.0 Å². The highest BCUT2D eigenvalue weighted by Gasteiger charge is 2.53. The quantitative estimate of drug-likeness (QED) is 0.119. The summed E-state index contributed by atoms with van der Waals surface area (Å²) >= 11 is 0. The molecule has 0 radical (unpaired) electrons. The average Bonchev–Trinajstić information content (AvgIpc) is 3.41. The van der Waals surface area contributed by atoms with E-state index in [1.165, 1.54) is 61.9 Å². The van der Waals surface area contributed by atoms with E-state index in [1.807, 2.05) is 6.92 Å². The number of amides is 1. The van der Waals surface area contributed by atoms with Crippen molar-refractivity contribution in [2.75, 3.05) is 7.05 Å². The molecule has 6 rings (SSSR count). The van der Waals surface area contributed by atoms with Gasteiger partial charge in [-0.2, -0.15) is 0 Å². The molecule has 0 saturated heterocycles. The van der Waals surface area contributed by atoms with E-state index in [4.69, 9.17) is 4.42 Å². The predicted molar refractivity (Wildman–Crippen MR) is 167 cm³/mol. The second-order valence-electron chi connectivity index (χ2n) is 11.9. The van der Waals surface area contributed by atoms with Crippen LogP contribution in [-0.4, -0.2) is 41.2 Å². The Morgan fingerprint density at radius 2 is 1.69 bits per heavy atom. The first-order valence-electron chi connectivity index (χ1n) is 15.3. The molecule has 0 spiro atoms. The number of Topliss-reactive ketones (excluding diaryl/α,β-unsaturated/α-hetero) is 1. The van der Waals surface area contributed by atoms with Gasteiger partial charge < -0.3 is 9.73 Å². The molecule has 2 heterocycles. The number of hydrogen-bond donors (Lipinski definition) is 1. The molecule has 12 heteroatoms. The summed E-state index contributed by atoms with van der Waals surface area (Å²) in [6.07, 6.45) is -2.51. The maximum absolute atomic E-state index is 15.4. The molecule has 248 valence electrons. The highest BCUT2D eigenvalue weighted by Crippen LogP contribution is 2.49. The van der Waals surface area contributed by atoms with Crippen LogP contribution in [-0.2, 0) is 16.6 Å². The van der Waals surface area contributed by atoms with Crippen molar-refractivity contribution >= 4 is 22.7 Å². The van der Waals surface area contributed by atoms with Gasteiger partial charge >= 0.3 is 6.36 Å². The van der Waals surface area contributed by atoms with E-state index < -0.39 is 41.2 Å². The minimum Gasteiger partial charge on any atom is -0.455 e. The number of fused-ring (bicyclic) bond motifs is 1. The standard InChI is InChI=1S/C36H30F5N3O4/c1-3-5-21-15-30-27(31(33(46)42-2)32(47-30)20-6-9-23(37)10-7-20)16-25(21)22-8-11-28(38)26(14-22)29(45)19-35(34-43-12-4-13-44-34)17-24(18-35)48-36(39,40)41/h4,6-16,24H,3,5,17-19H2,1-2H3,(H,42,46). The van der Waals surface area contributed by atoms with Crippen LogP contribution in [0.1, 0.15) is 64.7 Å². The Hall–Kier alpha value is -4.97. The summed E-state index contributed by atoms with van der Waals surface area (Å²) in [5.74, 6) is -1.86. The Kier molecular flexibility index (Phi) is 8.86. The molecule has 1 fully saturated rings. The molecular formula is C36H30F5N3O4. The number of ether oxygens (including phenoxy) is 1. The van der Waals surface area contributed by atoms with Crippen LogP contribution in [0, 0.1) is 11.6 Å². The van der Waals surface area contributed by atoms with Gasteiger partial charge in [0, 0.05) is 42.2 Å². The Morgan fingerprint density at radius 3 is 2.33 bits per heavy atom. The van der Waals surface area contributed by atoms with Crippen LogP contribution in [0.4, 0.5) is 22.0 Å². The number of furan rings is 1. The number of alkyl halides is 3. The first-order valence-corrected chi connectivity index (χ1v) is 15.3. The molecule has 0 atom stereocenters. The van der Waals surface area contributed by atoms with Gasteiger partial charge in [-0.05, 0) is 90.6 Å². The van der Waals surface area contributed by atoms with E-state index in [0.717, 1.165) is 12.0 Å². The Morgan fingerprint density at radius 1 is 1.00 bits per heavy atom. The summed E-state index contributed by atoms with van der Waals surface area (Å²) in [6, 6.07) is 14.8. The monoisotopic (exact) mass is 663 g/mol. The Bertz CT molecular complexity index is 1990. The Labute approximate surface area is 272 Å². The summed E-state index contributed by atoms with van der Waals surface area (Å²) in [5, 5.41) is 3.09. The highest BCUT2D eigenvalue weighted by atomic mass is 19.4. The maximum atomic E-state index is 15.4.